The van der Waals surface area contributed by atoms with Gasteiger partial charge in [-0.15, -0.1) is 275 Å². The zero-order valence-electron chi connectivity index (χ0n) is 76.3. The normalized spacial score (nSPS) is 10.2. The fourth-order valence-corrected chi connectivity index (χ4v) is 14.5. The van der Waals surface area contributed by atoms with Gasteiger partial charge in [-0.1, -0.05) is 192 Å². The van der Waals surface area contributed by atoms with Crippen molar-refractivity contribution in [3.05, 3.63) is 526 Å². The smallest absolute Gasteiger partial charge is 0.501 e. The molecule has 0 saturated heterocycles. The summed E-state index contributed by atoms with van der Waals surface area (Å²) in [6.45, 7) is 12.0. The maximum absolute atomic E-state index is 5.97. The maximum atomic E-state index is 5.97. The molecule has 0 N–H and O–H groups in total. The number of pyridine rings is 9. The average molecular weight is 2320 g/mol. The fraction of sp³-hybridized carbons (Fsp3) is 0.0488. The second kappa shape index (κ2) is 51.2. The minimum Gasteiger partial charge on any atom is -0.501 e. The van der Waals surface area contributed by atoms with Crippen molar-refractivity contribution in [2.45, 2.75) is 41.5 Å². The first-order valence-corrected chi connectivity index (χ1v) is 44.1. The van der Waals surface area contributed by atoms with Gasteiger partial charge < -0.3 is 58.1 Å². The Bertz CT molecular complexity index is 7220. The molecule has 0 saturated carbocycles. The van der Waals surface area contributed by atoms with E-state index >= 15 is 0 Å². The number of hydrogen-bond acceptors (Lipinski definition) is 12. The molecule has 0 radical (unpaired) electrons. The number of benzene rings is 12. The van der Waals surface area contributed by atoms with Crippen LogP contribution in [-0.2, 0) is 60.3 Å². The van der Waals surface area contributed by atoms with E-state index in [1.165, 1.54) is 0 Å². The molecule has 672 valence electrons. The number of aromatic nitrogens is 9. The van der Waals surface area contributed by atoms with E-state index in [4.69, 9.17) is 13.3 Å². The summed E-state index contributed by atoms with van der Waals surface area (Å²) in [7, 11) is 0. The number of aryl methyl sites for hydroxylation is 6. The van der Waals surface area contributed by atoms with Crippen molar-refractivity contribution >= 4 is 65.8 Å². The summed E-state index contributed by atoms with van der Waals surface area (Å²) >= 11 is 0. The number of furan rings is 3. The molecule has 24 rings (SSSR count). The third-order valence-electron chi connectivity index (χ3n) is 21.0. The molecule has 12 heterocycles. The third-order valence-corrected chi connectivity index (χ3v) is 21.0. The molecular formula is C123H90Ir3N9O3. The van der Waals surface area contributed by atoms with E-state index in [1.54, 1.807) is 18.6 Å². The van der Waals surface area contributed by atoms with Crippen LogP contribution in [0.2, 0.25) is 0 Å². The molecule has 0 amide bonds. The van der Waals surface area contributed by atoms with Crippen molar-refractivity contribution in [1.29, 1.82) is 0 Å². The quantitative estimate of drug-likeness (QED) is 0.126. The van der Waals surface area contributed by atoms with E-state index < -0.39 is 0 Å². The van der Waals surface area contributed by atoms with Crippen molar-refractivity contribution in [3.63, 3.8) is 0 Å². The van der Waals surface area contributed by atoms with Gasteiger partial charge in [0, 0.05) is 63.5 Å². The molecule has 0 unspecified atom stereocenters. The molecule has 0 bridgehead atoms. The summed E-state index contributed by atoms with van der Waals surface area (Å²) in [5.41, 5.74) is 29.3. The summed E-state index contributed by atoms with van der Waals surface area (Å²) in [6, 6.07) is 166. The molecule has 12 aromatic carbocycles. The van der Waals surface area contributed by atoms with E-state index in [-0.39, 0.29) is 60.3 Å². The van der Waals surface area contributed by atoms with Crippen LogP contribution in [0.25, 0.3) is 167 Å². The monoisotopic (exact) mass is 2320 g/mol. The first-order chi connectivity index (χ1) is 66.4. The molecule has 0 aliphatic carbocycles. The molecule has 0 aliphatic heterocycles. The Labute approximate surface area is 846 Å². The predicted octanol–water partition coefficient (Wildman–Crippen LogP) is 30.5. The molecule has 0 spiro atoms. The van der Waals surface area contributed by atoms with Crippen LogP contribution >= 0.6 is 0 Å². The van der Waals surface area contributed by atoms with Gasteiger partial charge in [0.05, 0.1) is 16.7 Å². The fourth-order valence-electron chi connectivity index (χ4n) is 14.5. The topological polar surface area (TPSA) is 155 Å². The Morgan fingerprint density at radius 3 is 0.790 bits per heavy atom. The molecular weight excluding hydrogens is 2230 g/mol. The predicted molar refractivity (Wildman–Crippen MR) is 547 cm³/mol. The zero-order chi connectivity index (χ0) is 92.5. The number of fused-ring (bicyclic) bond motifs is 9. The molecule has 0 atom stereocenters. The summed E-state index contributed by atoms with van der Waals surface area (Å²) in [4.78, 5) is 39.5. The maximum Gasteiger partial charge on any atom is 3.00 e. The summed E-state index contributed by atoms with van der Waals surface area (Å²) in [5, 5.41) is 6.69. The molecule has 0 aliphatic rings. The van der Waals surface area contributed by atoms with Crippen molar-refractivity contribution in [3.8, 4) is 101 Å². The van der Waals surface area contributed by atoms with Gasteiger partial charge in [-0.2, -0.15) is 0 Å². The minimum atomic E-state index is 0. The molecule has 138 heavy (non-hydrogen) atoms. The molecule has 0 fully saturated rings. The Kier molecular flexibility index (Phi) is 37.0. The summed E-state index contributed by atoms with van der Waals surface area (Å²) in [6.07, 6.45) is 5.36. The number of para-hydroxylation sites is 3. The van der Waals surface area contributed by atoms with Crippen molar-refractivity contribution in [2.24, 2.45) is 0 Å². The van der Waals surface area contributed by atoms with Crippen LogP contribution in [0.4, 0.5) is 0 Å². The first-order valence-electron chi connectivity index (χ1n) is 44.1. The van der Waals surface area contributed by atoms with Crippen LogP contribution in [0.3, 0.4) is 0 Å². The van der Waals surface area contributed by atoms with Gasteiger partial charge in [0.25, 0.3) is 0 Å². The van der Waals surface area contributed by atoms with Gasteiger partial charge in [0.15, 0.2) is 0 Å². The van der Waals surface area contributed by atoms with Gasteiger partial charge in [0.1, 0.15) is 16.7 Å². The number of nitrogens with zero attached hydrogens (tertiary/aromatic N) is 9. The van der Waals surface area contributed by atoms with Crippen molar-refractivity contribution in [2.75, 3.05) is 0 Å². The SMILES string of the molecule is Cc1cccc(-c2[c-]cccc2)n1.Cc1cccc(-c2[c-]cccc2)n1.Cc1cccc(-c2[c-]cccc2)n1.Cc1cccc(-c2[c-]cccc2)n1.Cc1cccc(-c2[c-]cccc2)n1.Cc1cccc(-c2[c-]cccc2)n1.[Ir+3].[Ir+3].[Ir+3].[c-]1cc2c(cc1-c1ccccn1)oc1ccccc12.[c-]1cc2oc3ccccc3c2cc1-c1ccccn1.[c-]1ccc2c(oc3ccccc32)c1-c1ccccn1. The molecule has 12 aromatic heterocycles. The van der Waals surface area contributed by atoms with Gasteiger partial charge >= 0.3 is 60.3 Å². The van der Waals surface area contributed by atoms with Gasteiger partial charge in [-0.3, -0.25) is 0 Å². The van der Waals surface area contributed by atoms with Gasteiger partial charge in [-0.05, 0) is 171 Å². The van der Waals surface area contributed by atoms with Gasteiger partial charge in [0.2, 0.25) is 0 Å². The summed E-state index contributed by atoms with van der Waals surface area (Å²) in [5.74, 6) is 0. The summed E-state index contributed by atoms with van der Waals surface area (Å²) < 4.78 is 17.6. The van der Waals surface area contributed by atoms with Crippen LogP contribution in [0.15, 0.2) is 450 Å². The minimum absolute atomic E-state index is 0. The van der Waals surface area contributed by atoms with E-state index in [0.29, 0.717) is 0 Å². The number of rotatable bonds is 9. The Balaban J connectivity index is 0.000000131. The average Bonchev–Trinajstić information content (AvgIpc) is 1.65. The number of hydrogen-bond donors (Lipinski definition) is 0. The van der Waals surface area contributed by atoms with Crippen LogP contribution in [-0.4, -0.2) is 44.9 Å². The van der Waals surface area contributed by atoms with Crippen LogP contribution in [0.1, 0.15) is 34.2 Å². The molecule has 24 aromatic rings. The standard InChI is InChI=1S/3C17H10NO.6C12H10N.3Ir/c1-2-10-16-12(6-1)13-7-5-8-14(17(13)19-16)15-9-3-4-11-18-15;1-2-7-16-13(5-1)14-11-12(8-9-17(14)19-16)15-6-3-4-10-18-15;1-2-7-16-13(5-1)14-9-8-12(11-17(14)19-16)15-6-3-4-10-18-15;6*1-10-6-5-9-12(13-10)11-7-3-2-4-8-11;;;/h3*1-7,9-11H;6*2-7,9H,1H3;;;/q9*-1;3*+3. The Morgan fingerprint density at radius 1 is 0.181 bits per heavy atom. The van der Waals surface area contributed by atoms with E-state index in [1.807, 2.05) is 436 Å². The Hall–Kier alpha value is -15.7. The van der Waals surface area contributed by atoms with E-state index in [2.05, 4.69) is 124 Å². The van der Waals surface area contributed by atoms with Crippen LogP contribution in [0, 0.1) is 96.1 Å². The van der Waals surface area contributed by atoms with E-state index in [0.717, 1.165) is 201 Å². The largest absolute Gasteiger partial charge is 3.00 e. The molecule has 15 heteroatoms. The van der Waals surface area contributed by atoms with Gasteiger partial charge in [-0.25, -0.2) is 0 Å². The van der Waals surface area contributed by atoms with Crippen molar-refractivity contribution in [1.82, 2.24) is 44.9 Å². The first kappa shape index (κ1) is 99.8. The third kappa shape index (κ3) is 27.6. The zero-order valence-corrected chi connectivity index (χ0v) is 83.5. The Morgan fingerprint density at radius 2 is 0.464 bits per heavy atom. The second-order valence-electron chi connectivity index (χ2n) is 30.9. The van der Waals surface area contributed by atoms with Crippen LogP contribution in [0.5, 0.6) is 0 Å². The van der Waals surface area contributed by atoms with Crippen LogP contribution < -0.4 is 0 Å². The molecule has 12 nitrogen and oxygen atoms in total. The van der Waals surface area contributed by atoms with E-state index in [9.17, 15) is 0 Å². The second-order valence-corrected chi connectivity index (χ2v) is 30.9. The van der Waals surface area contributed by atoms with Crippen molar-refractivity contribution < 1.29 is 73.6 Å².